The van der Waals surface area contributed by atoms with Crippen LogP contribution in [0.5, 0.6) is 11.5 Å². The summed E-state index contributed by atoms with van der Waals surface area (Å²) in [7, 11) is 5.05. The first-order chi connectivity index (χ1) is 14.2. The second-order valence-corrected chi connectivity index (χ2v) is 6.48. The van der Waals surface area contributed by atoms with Crippen molar-refractivity contribution in [2.75, 3.05) is 21.3 Å². The van der Waals surface area contributed by atoms with E-state index in [0.717, 1.165) is 29.6 Å². The lowest BCUT2D eigenvalue weighted by atomic mass is 10.1. The normalized spacial score (nSPS) is 11.2. The summed E-state index contributed by atoms with van der Waals surface area (Å²) in [5.41, 5.74) is 3.41. The van der Waals surface area contributed by atoms with E-state index >= 15 is 0 Å². The van der Waals surface area contributed by atoms with Gasteiger partial charge < -0.3 is 20.1 Å². The third-order valence-electron chi connectivity index (χ3n) is 4.52. The van der Waals surface area contributed by atoms with Crippen LogP contribution in [0.2, 0.25) is 0 Å². The van der Waals surface area contributed by atoms with E-state index in [9.17, 15) is 0 Å². The van der Waals surface area contributed by atoms with Crippen molar-refractivity contribution in [2.24, 2.45) is 4.99 Å². The van der Waals surface area contributed by atoms with Crippen molar-refractivity contribution in [1.29, 1.82) is 0 Å². The van der Waals surface area contributed by atoms with Gasteiger partial charge in [-0.25, -0.2) is 0 Å². The molecule has 0 unspecified atom stereocenters. The van der Waals surface area contributed by atoms with E-state index in [1.807, 2.05) is 35.1 Å². The van der Waals surface area contributed by atoms with Gasteiger partial charge in [0.1, 0.15) is 11.5 Å². The second-order valence-electron chi connectivity index (χ2n) is 6.48. The van der Waals surface area contributed by atoms with Gasteiger partial charge in [0.2, 0.25) is 0 Å². The number of aromatic nitrogens is 2. The summed E-state index contributed by atoms with van der Waals surface area (Å²) in [6.07, 6.45) is 3.75. The quantitative estimate of drug-likeness (QED) is 0.455. The highest BCUT2D eigenvalue weighted by Gasteiger charge is 2.06. The molecule has 3 aromatic rings. The van der Waals surface area contributed by atoms with Crippen LogP contribution in [-0.4, -0.2) is 37.0 Å². The highest BCUT2D eigenvalue weighted by Crippen LogP contribution is 2.24. The molecule has 1 heterocycles. The molecule has 0 fully saturated rings. The van der Waals surface area contributed by atoms with Gasteiger partial charge in [-0.15, -0.1) is 0 Å². The largest absolute Gasteiger partial charge is 0.497 e. The number of guanidine groups is 1. The van der Waals surface area contributed by atoms with E-state index < -0.39 is 0 Å². The van der Waals surface area contributed by atoms with Gasteiger partial charge in [0.05, 0.1) is 20.8 Å². The predicted octanol–water partition coefficient (Wildman–Crippen LogP) is 2.81. The van der Waals surface area contributed by atoms with Crippen LogP contribution in [0.25, 0.3) is 0 Å². The van der Waals surface area contributed by atoms with E-state index in [4.69, 9.17) is 9.47 Å². The smallest absolute Gasteiger partial charge is 0.191 e. The first-order valence-corrected chi connectivity index (χ1v) is 9.42. The summed E-state index contributed by atoms with van der Waals surface area (Å²) in [5, 5.41) is 10.9. The van der Waals surface area contributed by atoms with E-state index in [2.05, 4.69) is 45.0 Å². The fraction of sp³-hybridized carbons (Fsp3) is 0.273. The molecule has 0 saturated carbocycles. The van der Waals surface area contributed by atoms with Crippen molar-refractivity contribution >= 4 is 5.96 Å². The van der Waals surface area contributed by atoms with Gasteiger partial charge in [0, 0.05) is 44.2 Å². The minimum atomic E-state index is 0.589. The molecule has 1 aromatic heterocycles. The van der Waals surface area contributed by atoms with Crippen molar-refractivity contribution in [3.63, 3.8) is 0 Å². The van der Waals surface area contributed by atoms with Crippen LogP contribution >= 0.6 is 0 Å². The highest BCUT2D eigenvalue weighted by atomic mass is 16.5. The van der Waals surface area contributed by atoms with Crippen molar-refractivity contribution in [3.05, 3.63) is 77.6 Å². The summed E-state index contributed by atoms with van der Waals surface area (Å²) < 4.78 is 12.6. The predicted molar refractivity (Wildman–Crippen MR) is 114 cm³/mol. The van der Waals surface area contributed by atoms with Crippen molar-refractivity contribution in [3.8, 4) is 11.5 Å². The van der Waals surface area contributed by atoms with Crippen molar-refractivity contribution < 1.29 is 9.47 Å². The molecule has 152 valence electrons. The summed E-state index contributed by atoms with van der Waals surface area (Å²) in [6.45, 7) is 2.02. The number of hydrogen-bond donors (Lipinski definition) is 2. The number of nitrogens with zero attached hydrogens (tertiary/aromatic N) is 3. The molecular formula is C22H27N5O2. The summed E-state index contributed by atoms with van der Waals surface area (Å²) in [4.78, 5) is 4.31. The van der Waals surface area contributed by atoms with Crippen LogP contribution in [0.1, 0.15) is 16.7 Å². The minimum Gasteiger partial charge on any atom is -0.497 e. The van der Waals surface area contributed by atoms with Crippen LogP contribution in [0.15, 0.2) is 65.9 Å². The van der Waals surface area contributed by atoms with Gasteiger partial charge in [0.15, 0.2) is 5.96 Å². The second kappa shape index (κ2) is 10.2. The fourth-order valence-corrected chi connectivity index (χ4v) is 3.00. The molecule has 0 aliphatic heterocycles. The third-order valence-corrected chi connectivity index (χ3v) is 4.52. The Hall–Kier alpha value is -3.48. The Morgan fingerprint density at radius 3 is 2.55 bits per heavy atom. The van der Waals surface area contributed by atoms with Crippen LogP contribution in [0, 0.1) is 0 Å². The molecule has 0 radical (unpaired) electrons. The van der Waals surface area contributed by atoms with Crippen LogP contribution in [0.4, 0.5) is 0 Å². The molecule has 0 aliphatic rings. The molecule has 2 N–H and O–H groups in total. The zero-order valence-electron chi connectivity index (χ0n) is 17.1. The van der Waals surface area contributed by atoms with Gasteiger partial charge in [-0.3, -0.25) is 9.67 Å². The summed E-state index contributed by atoms with van der Waals surface area (Å²) in [6, 6.07) is 16.1. The van der Waals surface area contributed by atoms with Crippen molar-refractivity contribution in [2.45, 2.75) is 19.6 Å². The van der Waals surface area contributed by atoms with Gasteiger partial charge in [0.25, 0.3) is 0 Å². The molecule has 7 heteroatoms. The van der Waals surface area contributed by atoms with E-state index in [0.29, 0.717) is 13.1 Å². The molecule has 0 amide bonds. The number of methoxy groups -OCH3 is 2. The Morgan fingerprint density at radius 1 is 1.00 bits per heavy atom. The molecular weight excluding hydrogens is 366 g/mol. The number of rotatable bonds is 8. The Balaban J connectivity index is 1.56. The highest BCUT2D eigenvalue weighted by molar-refractivity contribution is 5.79. The maximum Gasteiger partial charge on any atom is 0.191 e. The van der Waals surface area contributed by atoms with Gasteiger partial charge in [-0.2, -0.15) is 5.10 Å². The van der Waals surface area contributed by atoms with Gasteiger partial charge in [-0.05, 0) is 29.3 Å². The standard InChI is InChI=1S/C22H27N5O2/c1-23-22(25-15-19-8-9-20(28-2)13-21(19)29-3)24-14-17-6-4-7-18(12-17)16-27-11-5-10-26-27/h4-13H,14-16H2,1-3H3,(H2,23,24,25). The van der Waals surface area contributed by atoms with Crippen LogP contribution in [0.3, 0.4) is 0 Å². The maximum atomic E-state index is 5.45. The fourth-order valence-electron chi connectivity index (χ4n) is 3.00. The van der Waals surface area contributed by atoms with Crippen LogP contribution < -0.4 is 20.1 Å². The molecule has 29 heavy (non-hydrogen) atoms. The topological polar surface area (TPSA) is 72.7 Å². The van der Waals surface area contributed by atoms with E-state index in [-0.39, 0.29) is 0 Å². The zero-order chi connectivity index (χ0) is 20.5. The lowest BCUT2D eigenvalue weighted by Crippen LogP contribution is -2.36. The Kier molecular flexibility index (Phi) is 7.10. The molecule has 0 aliphatic carbocycles. The number of benzene rings is 2. The average molecular weight is 393 g/mol. The molecule has 3 rings (SSSR count). The van der Waals surface area contributed by atoms with Crippen LogP contribution in [-0.2, 0) is 19.6 Å². The molecule has 0 atom stereocenters. The molecule has 0 bridgehead atoms. The maximum absolute atomic E-state index is 5.45. The Morgan fingerprint density at radius 2 is 1.83 bits per heavy atom. The SMILES string of the molecule is CN=C(NCc1cccc(Cn2cccn2)c1)NCc1ccc(OC)cc1OC. The third kappa shape index (κ3) is 5.75. The lowest BCUT2D eigenvalue weighted by Gasteiger charge is -2.15. The number of aliphatic imine (C=N–C) groups is 1. The van der Waals surface area contributed by atoms with E-state index in [1.165, 1.54) is 11.1 Å². The first-order valence-electron chi connectivity index (χ1n) is 9.42. The average Bonchev–Trinajstić information content (AvgIpc) is 3.27. The lowest BCUT2D eigenvalue weighted by molar-refractivity contribution is 0.390. The number of hydrogen-bond acceptors (Lipinski definition) is 4. The number of ether oxygens (including phenoxy) is 2. The Bertz CT molecular complexity index is 938. The zero-order valence-corrected chi connectivity index (χ0v) is 17.1. The number of nitrogens with one attached hydrogen (secondary N) is 2. The molecule has 7 nitrogen and oxygen atoms in total. The summed E-state index contributed by atoms with van der Waals surface area (Å²) in [5.74, 6) is 2.27. The molecule has 0 saturated heterocycles. The van der Waals surface area contributed by atoms with E-state index in [1.54, 1.807) is 27.5 Å². The Labute approximate surface area is 171 Å². The molecule has 0 spiro atoms. The first kappa shape index (κ1) is 20.3. The summed E-state index contributed by atoms with van der Waals surface area (Å²) >= 11 is 0. The minimum absolute atomic E-state index is 0.589. The molecule has 2 aromatic carbocycles. The van der Waals surface area contributed by atoms with Gasteiger partial charge in [-0.1, -0.05) is 24.3 Å². The van der Waals surface area contributed by atoms with Crippen molar-refractivity contribution in [1.82, 2.24) is 20.4 Å². The monoisotopic (exact) mass is 393 g/mol. The van der Waals surface area contributed by atoms with Gasteiger partial charge >= 0.3 is 0 Å².